The number of nitrogens with one attached hydrogen (secondary N) is 1. The molecule has 146 valence electrons. The van der Waals surface area contributed by atoms with Gasteiger partial charge < -0.3 is 9.73 Å². The molecule has 1 N–H and O–H groups in total. The van der Waals surface area contributed by atoms with E-state index >= 15 is 0 Å². The van der Waals surface area contributed by atoms with E-state index in [0.717, 1.165) is 19.4 Å². The number of carbonyl (C=O) groups is 2. The number of nitrogens with zero attached hydrogens (tertiary/aromatic N) is 3. The van der Waals surface area contributed by atoms with Crippen molar-refractivity contribution in [3.63, 3.8) is 0 Å². The molecule has 3 rings (SSSR count). The number of carbonyl (C=O) groups excluding carboxylic acids is 2. The van der Waals surface area contributed by atoms with Gasteiger partial charge in [0.2, 0.25) is 5.91 Å². The first-order valence-electron chi connectivity index (χ1n) is 9.09. The predicted octanol–water partition coefficient (Wildman–Crippen LogP) is 4.27. The number of amides is 1. The van der Waals surface area contributed by atoms with Crippen molar-refractivity contribution in [1.82, 2.24) is 14.8 Å². The summed E-state index contributed by atoms with van der Waals surface area (Å²) in [5, 5.41) is 12.0. The Hall–Kier alpha value is -2.87. The Morgan fingerprint density at radius 2 is 1.96 bits per heavy atom. The third-order valence-corrected chi connectivity index (χ3v) is 5.07. The lowest BCUT2D eigenvalue weighted by Crippen LogP contribution is -2.14. The van der Waals surface area contributed by atoms with Gasteiger partial charge in [-0.05, 0) is 49.7 Å². The van der Waals surface area contributed by atoms with E-state index in [1.807, 2.05) is 16.7 Å². The second-order valence-corrected chi connectivity index (χ2v) is 7.20. The van der Waals surface area contributed by atoms with Crippen molar-refractivity contribution in [2.75, 3.05) is 11.1 Å². The molecule has 0 aliphatic rings. The van der Waals surface area contributed by atoms with Gasteiger partial charge in [-0.25, -0.2) is 0 Å². The minimum atomic E-state index is -0.148. The molecule has 0 unspecified atom stereocenters. The van der Waals surface area contributed by atoms with Crippen LogP contribution >= 0.6 is 11.8 Å². The van der Waals surface area contributed by atoms with Crippen LogP contribution in [0.25, 0.3) is 11.6 Å². The minimum Gasteiger partial charge on any atom is -0.461 e. The van der Waals surface area contributed by atoms with Crippen LogP contribution in [0.4, 0.5) is 5.69 Å². The normalized spacial score (nSPS) is 10.8. The number of ketones is 1. The molecule has 2 heterocycles. The maximum absolute atomic E-state index is 12.3. The van der Waals surface area contributed by atoms with Crippen LogP contribution in [-0.2, 0) is 11.3 Å². The van der Waals surface area contributed by atoms with Crippen LogP contribution in [0.3, 0.4) is 0 Å². The first-order chi connectivity index (χ1) is 13.6. The summed E-state index contributed by atoms with van der Waals surface area (Å²) in [6.07, 6.45) is 3.62. The summed E-state index contributed by atoms with van der Waals surface area (Å²) in [4.78, 5) is 23.6. The topological polar surface area (TPSA) is 90.0 Å². The molecule has 0 saturated heterocycles. The fraction of sp³-hybridized carbons (Fsp3) is 0.300. The summed E-state index contributed by atoms with van der Waals surface area (Å²) < 4.78 is 7.44. The molecule has 0 radical (unpaired) electrons. The van der Waals surface area contributed by atoms with E-state index in [0.29, 0.717) is 28.0 Å². The standard InChI is InChI=1S/C20H22N4O3S/c1-3-4-11-24-19(17-6-5-12-27-17)22-23-20(24)28-13-18(26)21-16-9-7-15(8-10-16)14(2)25/h5-10,12H,3-4,11,13H2,1-2H3,(H,21,26). The first kappa shape index (κ1) is 19.9. The fourth-order valence-electron chi connectivity index (χ4n) is 2.62. The third-order valence-electron chi connectivity index (χ3n) is 4.10. The van der Waals surface area contributed by atoms with Gasteiger partial charge in [-0.15, -0.1) is 10.2 Å². The van der Waals surface area contributed by atoms with Gasteiger partial charge in [0.05, 0.1) is 12.0 Å². The van der Waals surface area contributed by atoms with Gasteiger partial charge in [-0.2, -0.15) is 0 Å². The Labute approximate surface area is 167 Å². The van der Waals surface area contributed by atoms with E-state index in [4.69, 9.17) is 4.42 Å². The smallest absolute Gasteiger partial charge is 0.234 e. The lowest BCUT2D eigenvalue weighted by atomic mass is 10.1. The van der Waals surface area contributed by atoms with Crippen LogP contribution in [-0.4, -0.2) is 32.2 Å². The second kappa shape index (κ2) is 9.36. The van der Waals surface area contributed by atoms with Crippen LogP contribution in [0.5, 0.6) is 0 Å². The van der Waals surface area contributed by atoms with Crippen LogP contribution in [0.1, 0.15) is 37.0 Å². The van der Waals surface area contributed by atoms with Crippen molar-refractivity contribution in [3.05, 3.63) is 48.2 Å². The number of furan rings is 1. The number of hydrogen-bond donors (Lipinski definition) is 1. The van der Waals surface area contributed by atoms with E-state index in [1.165, 1.54) is 18.7 Å². The molecule has 0 bridgehead atoms. The Morgan fingerprint density at radius 3 is 2.61 bits per heavy atom. The molecule has 0 saturated carbocycles. The van der Waals surface area contributed by atoms with Crippen molar-refractivity contribution in [2.24, 2.45) is 0 Å². The molecule has 7 nitrogen and oxygen atoms in total. The molecule has 0 fully saturated rings. The van der Waals surface area contributed by atoms with E-state index in [9.17, 15) is 9.59 Å². The van der Waals surface area contributed by atoms with Crippen molar-refractivity contribution >= 4 is 29.1 Å². The monoisotopic (exact) mass is 398 g/mol. The number of thioether (sulfide) groups is 1. The fourth-order valence-corrected chi connectivity index (χ4v) is 3.38. The maximum Gasteiger partial charge on any atom is 0.234 e. The van der Waals surface area contributed by atoms with Crippen LogP contribution in [0.2, 0.25) is 0 Å². The van der Waals surface area contributed by atoms with Crippen molar-refractivity contribution in [3.8, 4) is 11.6 Å². The molecule has 1 aromatic carbocycles. The molecule has 3 aromatic rings. The van der Waals surface area contributed by atoms with E-state index < -0.39 is 0 Å². The highest BCUT2D eigenvalue weighted by Crippen LogP contribution is 2.25. The summed E-state index contributed by atoms with van der Waals surface area (Å²) in [5.74, 6) is 1.38. The summed E-state index contributed by atoms with van der Waals surface area (Å²) in [5.41, 5.74) is 1.26. The highest BCUT2D eigenvalue weighted by Gasteiger charge is 2.17. The Bertz CT molecular complexity index is 933. The average Bonchev–Trinajstić information content (AvgIpc) is 3.34. The Morgan fingerprint density at radius 1 is 1.18 bits per heavy atom. The van der Waals surface area contributed by atoms with Gasteiger partial charge in [-0.3, -0.25) is 14.2 Å². The van der Waals surface area contributed by atoms with Gasteiger partial charge >= 0.3 is 0 Å². The van der Waals surface area contributed by atoms with E-state index in [1.54, 1.807) is 30.5 Å². The van der Waals surface area contributed by atoms with Crippen molar-refractivity contribution in [1.29, 1.82) is 0 Å². The van der Waals surface area contributed by atoms with Gasteiger partial charge in [-0.1, -0.05) is 25.1 Å². The predicted molar refractivity (Wildman–Crippen MR) is 108 cm³/mol. The molecule has 2 aromatic heterocycles. The lowest BCUT2D eigenvalue weighted by molar-refractivity contribution is -0.113. The molecule has 0 atom stereocenters. The Kier molecular flexibility index (Phi) is 6.65. The molecular weight excluding hydrogens is 376 g/mol. The minimum absolute atomic E-state index is 0.00721. The number of aromatic nitrogens is 3. The van der Waals surface area contributed by atoms with Crippen molar-refractivity contribution in [2.45, 2.75) is 38.4 Å². The van der Waals surface area contributed by atoms with Crippen molar-refractivity contribution < 1.29 is 14.0 Å². The second-order valence-electron chi connectivity index (χ2n) is 6.26. The van der Waals surface area contributed by atoms with Crippen LogP contribution < -0.4 is 5.32 Å². The highest BCUT2D eigenvalue weighted by atomic mass is 32.2. The Balaban J connectivity index is 1.64. The van der Waals surface area contributed by atoms with Crippen LogP contribution in [0, 0.1) is 0 Å². The molecular formula is C20H22N4O3S. The number of anilines is 1. The van der Waals surface area contributed by atoms with Gasteiger partial charge in [0.1, 0.15) is 0 Å². The SMILES string of the molecule is CCCCn1c(SCC(=O)Nc2ccc(C(C)=O)cc2)nnc1-c1ccco1. The molecule has 28 heavy (non-hydrogen) atoms. The zero-order valence-corrected chi connectivity index (χ0v) is 16.7. The zero-order valence-electron chi connectivity index (χ0n) is 15.8. The largest absolute Gasteiger partial charge is 0.461 e. The summed E-state index contributed by atoms with van der Waals surface area (Å²) in [7, 11) is 0. The number of Topliss-reactive ketones (excluding diaryl/α,β-unsaturated/α-hetero) is 1. The summed E-state index contributed by atoms with van der Waals surface area (Å²) in [6, 6.07) is 10.5. The summed E-state index contributed by atoms with van der Waals surface area (Å²) in [6.45, 7) is 4.39. The lowest BCUT2D eigenvalue weighted by Gasteiger charge is -2.09. The summed E-state index contributed by atoms with van der Waals surface area (Å²) >= 11 is 1.33. The number of rotatable bonds is 9. The highest BCUT2D eigenvalue weighted by molar-refractivity contribution is 7.99. The third kappa shape index (κ3) is 4.89. The number of hydrogen-bond acceptors (Lipinski definition) is 6. The molecule has 8 heteroatoms. The number of unbranched alkanes of at least 4 members (excludes halogenated alkanes) is 1. The van der Waals surface area contributed by atoms with Gasteiger partial charge in [0, 0.05) is 17.8 Å². The zero-order chi connectivity index (χ0) is 19.9. The van der Waals surface area contributed by atoms with Gasteiger partial charge in [0.15, 0.2) is 22.5 Å². The maximum atomic E-state index is 12.3. The van der Waals surface area contributed by atoms with E-state index in [-0.39, 0.29) is 17.4 Å². The molecule has 0 spiro atoms. The van der Waals surface area contributed by atoms with Gasteiger partial charge in [0.25, 0.3) is 0 Å². The average molecular weight is 398 g/mol. The first-order valence-corrected chi connectivity index (χ1v) is 10.1. The van der Waals surface area contributed by atoms with E-state index in [2.05, 4.69) is 22.4 Å². The quantitative estimate of drug-likeness (QED) is 0.428. The van der Waals surface area contributed by atoms with Crippen LogP contribution in [0.15, 0.2) is 52.2 Å². The molecule has 0 aliphatic carbocycles. The molecule has 0 aliphatic heterocycles. The number of benzene rings is 1. The molecule has 1 amide bonds.